The normalized spacial score (nSPS) is 11.4. The Labute approximate surface area is 170 Å². The van der Waals surface area contributed by atoms with Crippen LogP contribution in [0.3, 0.4) is 0 Å². The summed E-state index contributed by atoms with van der Waals surface area (Å²) in [4.78, 5) is 3.36. The van der Waals surface area contributed by atoms with E-state index in [-0.39, 0.29) is 0 Å². The SMILES string of the molecule is Nc1ccc(SP(=S)(Sc2ccc(N)cc2)Sc2ccc(N)cc2)cc1. The maximum absolute atomic E-state index is 6.15. The van der Waals surface area contributed by atoms with Crippen LogP contribution in [0.15, 0.2) is 87.5 Å². The minimum atomic E-state index is -1.97. The zero-order valence-electron chi connectivity index (χ0n) is 13.7. The van der Waals surface area contributed by atoms with Gasteiger partial charge in [-0.3, -0.25) is 0 Å². The van der Waals surface area contributed by atoms with Crippen LogP contribution in [0.25, 0.3) is 0 Å². The van der Waals surface area contributed by atoms with E-state index in [0.717, 1.165) is 31.7 Å². The monoisotopic (exact) mass is 435 g/mol. The van der Waals surface area contributed by atoms with Gasteiger partial charge in [-0.25, -0.2) is 0 Å². The highest BCUT2D eigenvalue weighted by atomic mass is 33.5. The summed E-state index contributed by atoms with van der Waals surface area (Å²) in [6.45, 7) is 0. The number of nitrogens with two attached hydrogens (primary N) is 3. The van der Waals surface area contributed by atoms with Crippen molar-refractivity contribution in [3.63, 3.8) is 0 Å². The van der Waals surface area contributed by atoms with Crippen molar-refractivity contribution in [3.8, 4) is 0 Å². The molecule has 3 nitrogen and oxygen atoms in total. The fourth-order valence-electron chi connectivity index (χ4n) is 2.03. The average Bonchev–Trinajstić information content (AvgIpc) is 2.61. The summed E-state index contributed by atoms with van der Waals surface area (Å²) < 4.78 is -1.97. The third-order valence-corrected chi connectivity index (χ3v) is 15.4. The van der Waals surface area contributed by atoms with E-state index >= 15 is 0 Å². The fourth-order valence-corrected chi connectivity index (χ4v) is 15.4. The maximum Gasteiger partial charge on any atom is 0.123 e. The minimum Gasteiger partial charge on any atom is -0.399 e. The van der Waals surface area contributed by atoms with Crippen molar-refractivity contribution in [2.45, 2.75) is 14.7 Å². The number of nitrogen functional groups attached to an aromatic ring is 3. The Balaban J connectivity index is 1.88. The zero-order valence-corrected chi connectivity index (χ0v) is 17.9. The highest BCUT2D eigenvalue weighted by molar-refractivity contribution is 9.23. The van der Waals surface area contributed by atoms with E-state index in [2.05, 4.69) is 0 Å². The van der Waals surface area contributed by atoms with Crippen molar-refractivity contribution >= 4 is 66.7 Å². The lowest BCUT2D eigenvalue weighted by atomic mass is 10.3. The van der Waals surface area contributed by atoms with Crippen LogP contribution >= 0.6 is 37.8 Å². The molecule has 0 radical (unpaired) electrons. The average molecular weight is 436 g/mol. The quantitative estimate of drug-likeness (QED) is 0.308. The number of benzene rings is 3. The first-order valence-corrected chi connectivity index (χ1v) is 14.7. The summed E-state index contributed by atoms with van der Waals surface area (Å²) >= 11 is 11.3. The Kier molecular flexibility index (Phi) is 6.48. The van der Waals surface area contributed by atoms with E-state index in [1.807, 2.05) is 72.8 Å². The van der Waals surface area contributed by atoms with Gasteiger partial charge in [0, 0.05) is 31.7 Å². The van der Waals surface area contributed by atoms with Crippen molar-refractivity contribution in [1.82, 2.24) is 0 Å². The van der Waals surface area contributed by atoms with Gasteiger partial charge in [0.05, 0.1) is 0 Å². The summed E-state index contributed by atoms with van der Waals surface area (Å²) in [5.74, 6) is 0. The van der Waals surface area contributed by atoms with Crippen molar-refractivity contribution < 1.29 is 0 Å². The molecule has 3 aromatic rings. The van der Waals surface area contributed by atoms with Crippen LogP contribution in [0.2, 0.25) is 0 Å². The highest BCUT2D eigenvalue weighted by Crippen LogP contribution is 2.83. The Bertz CT molecular complexity index is 790. The van der Waals surface area contributed by atoms with Crippen LogP contribution in [0.1, 0.15) is 0 Å². The summed E-state index contributed by atoms with van der Waals surface area (Å²) in [7, 11) is 0. The maximum atomic E-state index is 6.15. The highest BCUT2D eigenvalue weighted by Gasteiger charge is 2.23. The molecule has 6 N–H and O–H groups in total. The lowest BCUT2D eigenvalue weighted by Crippen LogP contribution is -1.83. The molecule has 0 aliphatic carbocycles. The summed E-state index contributed by atoms with van der Waals surface area (Å²) in [5, 5.41) is 0. The molecule has 0 fully saturated rings. The van der Waals surface area contributed by atoms with Crippen LogP contribution in [-0.2, 0) is 11.8 Å². The molecule has 0 saturated heterocycles. The van der Waals surface area contributed by atoms with Gasteiger partial charge in [0.1, 0.15) is 3.64 Å². The van der Waals surface area contributed by atoms with E-state index in [4.69, 9.17) is 29.0 Å². The van der Waals surface area contributed by atoms with Gasteiger partial charge < -0.3 is 17.2 Å². The van der Waals surface area contributed by atoms with E-state index in [9.17, 15) is 0 Å². The number of hydrogen-bond acceptors (Lipinski definition) is 7. The molecule has 0 bridgehead atoms. The summed E-state index contributed by atoms with van der Waals surface area (Å²) in [6.07, 6.45) is 0. The minimum absolute atomic E-state index is 0.750. The molecular weight excluding hydrogens is 417 g/mol. The number of anilines is 3. The molecule has 3 rings (SSSR count). The topological polar surface area (TPSA) is 78.1 Å². The molecule has 0 spiro atoms. The predicted octanol–water partition coefficient (Wildman–Crippen LogP) is 6.33. The predicted molar refractivity (Wildman–Crippen MR) is 124 cm³/mol. The van der Waals surface area contributed by atoms with Crippen LogP contribution < -0.4 is 17.2 Å². The Hall–Kier alpha value is -1.24. The number of hydrogen-bond donors (Lipinski definition) is 3. The Morgan fingerprint density at radius 1 is 0.500 bits per heavy atom. The Morgan fingerprint density at radius 2 is 0.731 bits per heavy atom. The molecule has 0 aliphatic rings. The van der Waals surface area contributed by atoms with Crippen LogP contribution in [-0.4, -0.2) is 0 Å². The summed E-state index contributed by atoms with van der Waals surface area (Å²) in [6, 6.07) is 23.6. The van der Waals surface area contributed by atoms with Crippen molar-refractivity contribution in [2.24, 2.45) is 0 Å². The van der Waals surface area contributed by atoms with Crippen LogP contribution in [0.4, 0.5) is 17.1 Å². The molecule has 8 heteroatoms. The lowest BCUT2D eigenvalue weighted by molar-refractivity contribution is 1.47. The molecule has 0 unspecified atom stereocenters. The molecule has 134 valence electrons. The standard InChI is InChI=1S/C18H18N3PS4/c19-13-1-7-16(8-2-13)24-22(23,25-17-9-3-14(20)4-10-17)26-18-11-5-15(21)6-12-18/h1-12H,19-21H2. The van der Waals surface area contributed by atoms with Gasteiger partial charge >= 0.3 is 0 Å². The van der Waals surface area contributed by atoms with Crippen LogP contribution in [0.5, 0.6) is 0 Å². The third-order valence-electron chi connectivity index (χ3n) is 3.29. The smallest absolute Gasteiger partial charge is 0.123 e. The van der Waals surface area contributed by atoms with Crippen molar-refractivity contribution in [3.05, 3.63) is 72.8 Å². The molecule has 0 heterocycles. The second-order valence-electron chi connectivity index (χ2n) is 5.43. The zero-order chi connectivity index (χ0) is 18.6. The largest absolute Gasteiger partial charge is 0.399 e. The molecule has 0 aromatic heterocycles. The molecular formula is C18H18N3PS4. The summed E-state index contributed by atoms with van der Waals surface area (Å²) in [5.41, 5.74) is 19.7. The van der Waals surface area contributed by atoms with Gasteiger partial charge in [-0.1, -0.05) is 46.0 Å². The second-order valence-corrected chi connectivity index (χ2v) is 20.7. The van der Waals surface area contributed by atoms with Gasteiger partial charge in [0.2, 0.25) is 0 Å². The van der Waals surface area contributed by atoms with Gasteiger partial charge in [-0.05, 0) is 72.8 Å². The van der Waals surface area contributed by atoms with Crippen molar-refractivity contribution in [1.29, 1.82) is 0 Å². The molecule has 3 aromatic carbocycles. The van der Waals surface area contributed by atoms with Gasteiger partial charge in [-0.2, -0.15) is 0 Å². The van der Waals surface area contributed by atoms with Crippen LogP contribution in [0, 0.1) is 0 Å². The molecule has 26 heavy (non-hydrogen) atoms. The van der Waals surface area contributed by atoms with Gasteiger partial charge in [0.25, 0.3) is 0 Å². The van der Waals surface area contributed by atoms with E-state index in [0.29, 0.717) is 0 Å². The number of rotatable bonds is 6. The van der Waals surface area contributed by atoms with E-state index < -0.39 is 3.64 Å². The lowest BCUT2D eigenvalue weighted by Gasteiger charge is -2.20. The second kappa shape index (κ2) is 8.63. The first-order valence-electron chi connectivity index (χ1n) is 7.67. The van der Waals surface area contributed by atoms with E-state index in [1.165, 1.54) is 0 Å². The first-order chi connectivity index (χ1) is 12.4. The molecule has 0 saturated carbocycles. The Morgan fingerprint density at radius 3 is 0.962 bits per heavy atom. The molecule has 0 atom stereocenters. The molecule has 0 amide bonds. The van der Waals surface area contributed by atoms with Gasteiger partial charge in [0.15, 0.2) is 0 Å². The molecule has 0 aliphatic heterocycles. The van der Waals surface area contributed by atoms with Crippen molar-refractivity contribution in [2.75, 3.05) is 17.2 Å². The third kappa shape index (κ3) is 5.63. The first kappa shape index (κ1) is 19.5. The fraction of sp³-hybridized carbons (Fsp3) is 0. The van der Waals surface area contributed by atoms with E-state index in [1.54, 1.807) is 34.1 Å². The van der Waals surface area contributed by atoms with Gasteiger partial charge in [-0.15, -0.1) is 0 Å².